The van der Waals surface area contributed by atoms with Crippen LogP contribution in [0.5, 0.6) is 0 Å². The lowest BCUT2D eigenvalue weighted by Crippen LogP contribution is -2.34. The molecule has 0 atom stereocenters. The van der Waals surface area contributed by atoms with E-state index < -0.39 is 5.82 Å². The zero-order valence-corrected chi connectivity index (χ0v) is 16.0. The Bertz CT molecular complexity index is 922. The van der Waals surface area contributed by atoms with Crippen LogP contribution in [0.4, 0.5) is 9.52 Å². The first-order valence-electron chi connectivity index (χ1n) is 8.54. The van der Waals surface area contributed by atoms with Crippen LogP contribution >= 0.6 is 11.3 Å². The van der Waals surface area contributed by atoms with E-state index in [1.54, 1.807) is 17.0 Å². The minimum atomic E-state index is -0.507. The molecule has 26 heavy (non-hydrogen) atoms. The predicted octanol–water partition coefficient (Wildman–Crippen LogP) is 4.34. The summed E-state index contributed by atoms with van der Waals surface area (Å²) in [5, 5.41) is 0.609. The maximum absolute atomic E-state index is 14.2. The molecular formula is C20H22FN3OS. The van der Waals surface area contributed by atoms with Gasteiger partial charge in [-0.2, -0.15) is 0 Å². The van der Waals surface area contributed by atoms with Crippen molar-refractivity contribution in [2.45, 2.75) is 13.3 Å². The molecule has 4 nitrogen and oxygen atoms in total. The number of nitrogens with zero attached hydrogens (tertiary/aromatic N) is 3. The average molecular weight is 371 g/mol. The third-order valence-electron chi connectivity index (χ3n) is 4.10. The lowest BCUT2D eigenvalue weighted by Gasteiger charge is -2.21. The molecule has 0 unspecified atom stereocenters. The van der Waals surface area contributed by atoms with E-state index in [1.165, 1.54) is 23.5 Å². The van der Waals surface area contributed by atoms with Gasteiger partial charge >= 0.3 is 0 Å². The van der Waals surface area contributed by atoms with Crippen LogP contribution in [-0.4, -0.2) is 43.0 Å². The van der Waals surface area contributed by atoms with Gasteiger partial charge < -0.3 is 4.90 Å². The molecule has 0 bridgehead atoms. The number of hydrogen-bond donors (Lipinski definition) is 0. The van der Waals surface area contributed by atoms with Crippen molar-refractivity contribution in [3.63, 3.8) is 0 Å². The van der Waals surface area contributed by atoms with E-state index in [1.807, 2.05) is 33.2 Å². The third kappa shape index (κ3) is 4.08. The number of fused-ring (bicyclic) bond motifs is 1. The number of halogens is 1. The minimum absolute atomic E-state index is 0.0767. The molecule has 2 aromatic carbocycles. The van der Waals surface area contributed by atoms with Gasteiger partial charge in [-0.15, -0.1) is 0 Å². The molecule has 1 aromatic heterocycles. The Labute approximate surface area is 156 Å². The van der Waals surface area contributed by atoms with Crippen molar-refractivity contribution in [1.29, 1.82) is 0 Å². The molecule has 0 N–H and O–H groups in total. The zero-order chi connectivity index (χ0) is 18.7. The first kappa shape index (κ1) is 18.5. The Kier molecular flexibility index (Phi) is 5.64. The summed E-state index contributed by atoms with van der Waals surface area (Å²) in [6.45, 7) is 3.35. The van der Waals surface area contributed by atoms with Gasteiger partial charge in [-0.1, -0.05) is 29.5 Å². The monoisotopic (exact) mass is 371 g/mol. The van der Waals surface area contributed by atoms with Crippen LogP contribution in [0.2, 0.25) is 0 Å². The molecule has 0 spiro atoms. The van der Waals surface area contributed by atoms with E-state index in [-0.39, 0.29) is 11.5 Å². The molecular weight excluding hydrogens is 349 g/mol. The highest BCUT2D eigenvalue weighted by Crippen LogP contribution is 2.30. The minimum Gasteiger partial charge on any atom is -0.309 e. The van der Waals surface area contributed by atoms with Gasteiger partial charge in [-0.25, -0.2) is 9.37 Å². The Hall–Kier alpha value is -2.31. The number of hydrogen-bond acceptors (Lipinski definition) is 4. The van der Waals surface area contributed by atoms with Gasteiger partial charge in [-0.05, 0) is 63.8 Å². The molecule has 0 aliphatic heterocycles. The third-order valence-corrected chi connectivity index (χ3v) is 5.14. The molecule has 3 rings (SSSR count). The van der Waals surface area contributed by atoms with Crippen molar-refractivity contribution in [3.05, 3.63) is 59.4 Å². The van der Waals surface area contributed by atoms with Gasteiger partial charge in [0.15, 0.2) is 5.13 Å². The fraction of sp³-hybridized carbons (Fsp3) is 0.300. The summed E-state index contributed by atoms with van der Waals surface area (Å²) in [6.07, 6.45) is 0.780. The van der Waals surface area contributed by atoms with E-state index in [4.69, 9.17) is 0 Å². The maximum atomic E-state index is 14.2. The van der Waals surface area contributed by atoms with E-state index in [2.05, 4.69) is 16.0 Å². The van der Waals surface area contributed by atoms with Crippen LogP contribution in [-0.2, 0) is 0 Å². The first-order valence-corrected chi connectivity index (χ1v) is 9.35. The Morgan fingerprint density at radius 2 is 1.92 bits per heavy atom. The summed E-state index contributed by atoms with van der Waals surface area (Å²) >= 11 is 1.47. The highest BCUT2D eigenvalue weighted by molar-refractivity contribution is 7.22. The molecule has 1 amide bonds. The van der Waals surface area contributed by atoms with E-state index in [0.717, 1.165) is 28.7 Å². The fourth-order valence-corrected chi connectivity index (χ4v) is 3.83. The lowest BCUT2D eigenvalue weighted by atomic mass is 10.2. The molecule has 6 heteroatoms. The number of carbonyl (C=O) groups is 1. The predicted molar refractivity (Wildman–Crippen MR) is 106 cm³/mol. The van der Waals surface area contributed by atoms with Gasteiger partial charge in [0.25, 0.3) is 5.91 Å². The fourth-order valence-electron chi connectivity index (χ4n) is 2.74. The van der Waals surface area contributed by atoms with Crippen molar-refractivity contribution in [2.24, 2.45) is 0 Å². The molecule has 0 saturated heterocycles. The Morgan fingerprint density at radius 3 is 2.65 bits per heavy atom. The second-order valence-electron chi connectivity index (χ2n) is 6.56. The van der Waals surface area contributed by atoms with Crippen LogP contribution in [0.25, 0.3) is 10.2 Å². The molecule has 136 valence electrons. The summed E-state index contributed by atoms with van der Waals surface area (Å²) in [6, 6.07) is 12.1. The zero-order valence-electron chi connectivity index (χ0n) is 15.2. The first-order chi connectivity index (χ1) is 12.5. The van der Waals surface area contributed by atoms with Crippen molar-refractivity contribution in [3.8, 4) is 0 Å². The van der Waals surface area contributed by atoms with Gasteiger partial charge in [0.1, 0.15) is 5.82 Å². The molecule has 0 radical (unpaired) electrons. The van der Waals surface area contributed by atoms with E-state index in [9.17, 15) is 9.18 Å². The second kappa shape index (κ2) is 7.93. The van der Waals surface area contributed by atoms with Crippen LogP contribution < -0.4 is 4.90 Å². The maximum Gasteiger partial charge on any atom is 0.263 e. The number of rotatable bonds is 6. The molecule has 3 aromatic rings. The van der Waals surface area contributed by atoms with Gasteiger partial charge in [0, 0.05) is 6.54 Å². The second-order valence-corrected chi connectivity index (χ2v) is 7.57. The van der Waals surface area contributed by atoms with Crippen molar-refractivity contribution < 1.29 is 9.18 Å². The molecule has 0 aliphatic rings. The summed E-state index contributed by atoms with van der Waals surface area (Å²) in [5.74, 6) is -0.857. The largest absolute Gasteiger partial charge is 0.309 e. The van der Waals surface area contributed by atoms with Crippen molar-refractivity contribution in [2.75, 3.05) is 32.1 Å². The summed E-state index contributed by atoms with van der Waals surface area (Å²) < 4.78 is 15.2. The summed E-state index contributed by atoms with van der Waals surface area (Å²) in [5.41, 5.74) is 2.08. The van der Waals surface area contributed by atoms with Crippen molar-refractivity contribution in [1.82, 2.24) is 9.88 Å². The van der Waals surface area contributed by atoms with Crippen LogP contribution in [0.3, 0.4) is 0 Å². The number of amides is 1. The average Bonchev–Trinajstić information content (AvgIpc) is 3.01. The van der Waals surface area contributed by atoms with Crippen LogP contribution in [0, 0.1) is 12.7 Å². The smallest absolute Gasteiger partial charge is 0.263 e. The van der Waals surface area contributed by atoms with Gasteiger partial charge in [0.05, 0.1) is 15.8 Å². The lowest BCUT2D eigenvalue weighted by molar-refractivity contribution is 0.0982. The summed E-state index contributed by atoms with van der Waals surface area (Å²) in [7, 11) is 3.98. The number of benzene rings is 2. The highest BCUT2D eigenvalue weighted by Gasteiger charge is 2.23. The van der Waals surface area contributed by atoms with Gasteiger partial charge in [0.2, 0.25) is 0 Å². The number of aryl methyl sites for hydroxylation is 1. The van der Waals surface area contributed by atoms with Crippen LogP contribution in [0.1, 0.15) is 22.3 Å². The van der Waals surface area contributed by atoms with Crippen molar-refractivity contribution >= 4 is 32.6 Å². The Morgan fingerprint density at radius 1 is 1.15 bits per heavy atom. The molecule has 0 fully saturated rings. The standard InChI is InChI=1S/C20H22FN3OS/c1-14-9-10-17-18(13-14)26-20(22-17)24(12-6-11-23(2)3)19(25)15-7-4-5-8-16(15)21/h4-5,7-10,13H,6,11-12H2,1-3H3. The molecule has 0 aliphatic carbocycles. The SMILES string of the molecule is Cc1ccc2nc(N(CCCN(C)C)C(=O)c3ccccc3F)sc2c1. The van der Waals surface area contributed by atoms with Gasteiger partial charge in [-0.3, -0.25) is 9.69 Å². The summed E-state index contributed by atoms with van der Waals surface area (Å²) in [4.78, 5) is 21.3. The van der Waals surface area contributed by atoms with E-state index >= 15 is 0 Å². The number of thiazole rings is 1. The number of carbonyl (C=O) groups excluding carboxylic acids is 1. The van der Waals surface area contributed by atoms with E-state index in [0.29, 0.717) is 11.7 Å². The highest BCUT2D eigenvalue weighted by atomic mass is 32.1. The van der Waals surface area contributed by atoms with Crippen LogP contribution in [0.15, 0.2) is 42.5 Å². The Balaban J connectivity index is 1.96. The normalized spacial score (nSPS) is 11.3. The number of aromatic nitrogens is 1. The molecule has 1 heterocycles. The quantitative estimate of drug-likeness (QED) is 0.647. The number of anilines is 1. The molecule has 0 saturated carbocycles. The topological polar surface area (TPSA) is 36.4 Å².